The fourth-order valence-corrected chi connectivity index (χ4v) is 6.80. The zero-order valence-electron chi connectivity index (χ0n) is 19.4. The van der Waals surface area contributed by atoms with Gasteiger partial charge in [-0.3, -0.25) is 0 Å². The number of rotatable bonds is 8. The number of halogens is 1. The number of hydrogen-bond donors (Lipinski definition) is 0. The van der Waals surface area contributed by atoms with Gasteiger partial charge in [-0.2, -0.15) is 0 Å². The van der Waals surface area contributed by atoms with Gasteiger partial charge in [0.05, 0.1) is 6.10 Å². The number of unbranched alkanes of at least 4 members (excludes halogenated alkanes) is 4. The molecule has 0 radical (unpaired) electrons. The Morgan fingerprint density at radius 1 is 0.933 bits per heavy atom. The number of methoxy groups -OCH3 is 1. The molecule has 4 rings (SSSR count). The highest BCUT2D eigenvalue weighted by molar-refractivity contribution is 5.37. The third-order valence-corrected chi connectivity index (χ3v) is 8.71. The minimum atomic E-state index is 0.100. The van der Waals surface area contributed by atoms with Crippen molar-refractivity contribution in [2.24, 2.45) is 17.8 Å². The molecule has 30 heavy (non-hydrogen) atoms. The van der Waals surface area contributed by atoms with E-state index >= 15 is 4.39 Å². The molecule has 5 atom stereocenters. The van der Waals surface area contributed by atoms with E-state index in [1.165, 1.54) is 94.6 Å². The molecule has 1 aromatic carbocycles. The van der Waals surface area contributed by atoms with Gasteiger partial charge in [0.15, 0.2) is 0 Å². The van der Waals surface area contributed by atoms with E-state index in [1.54, 1.807) is 0 Å². The first kappa shape index (κ1) is 22.3. The maximum atomic E-state index is 15.2. The minimum absolute atomic E-state index is 0.100. The van der Waals surface area contributed by atoms with Gasteiger partial charge in [0.2, 0.25) is 0 Å². The molecule has 5 unspecified atom stereocenters. The fraction of sp³-hybridized carbons (Fsp3) is 0.786. The normalized spacial score (nSPS) is 31.2. The summed E-state index contributed by atoms with van der Waals surface area (Å²) < 4.78 is 20.8. The molecule has 0 saturated heterocycles. The first-order chi connectivity index (χ1) is 14.7. The first-order valence-electron chi connectivity index (χ1n) is 13.0. The van der Waals surface area contributed by atoms with E-state index in [0.29, 0.717) is 17.9 Å². The Labute approximate surface area is 184 Å². The molecule has 2 saturated carbocycles. The molecule has 3 aliphatic carbocycles. The predicted octanol–water partition coefficient (Wildman–Crippen LogP) is 7.99. The zero-order chi connectivity index (χ0) is 20.9. The number of benzene rings is 1. The van der Waals surface area contributed by atoms with Crippen molar-refractivity contribution < 1.29 is 9.13 Å². The molecular formula is C28H43FO. The third kappa shape index (κ3) is 5.29. The van der Waals surface area contributed by atoms with Crippen LogP contribution in [0.2, 0.25) is 0 Å². The summed E-state index contributed by atoms with van der Waals surface area (Å²) in [6.45, 7) is 2.27. The SMILES string of the molecule is CCCCCCCC1CCc2cc(C3CCC4CC(OC)CCC4C3)cc(F)c2C1. The monoisotopic (exact) mass is 414 g/mol. The van der Waals surface area contributed by atoms with Gasteiger partial charge in [0, 0.05) is 7.11 Å². The standard InChI is InChI=1S/C28H43FO/c1-3-4-5-6-7-8-20-9-10-24-17-25(19-28(29)27(24)15-20)22-11-12-23-18-26(30-2)14-13-21(23)16-22/h17,19-23,26H,3-16,18H2,1-2H3. The molecule has 2 heteroatoms. The topological polar surface area (TPSA) is 9.23 Å². The highest BCUT2D eigenvalue weighted by Gasteiger charge is 2.36. The molecule has 3 aliphatic rings. The van der Waals surface area contributed by atoms with Crippen molar-refractivity contribution in [3.05, 3.63) is 34.6 Å². The average Bonchev–Trinajstić information content (AvgIpc) is 2.78. The summed E-state index contributed by atoms with van der Waals surface area (Å²) in [5.41, 5.74) is 3.69. The third-order valence-electron chi connectivity index (χ3n) is 8.71. The van der Waals surface area contributed by atoms with Crippen LogP contribution in [0.25, 0.3) is 0 Å². The van der Waals surface area contributed by atoms with E-state index in [9.17, 15) is 0 Å². The summed E-state index contributed by atoms with van der Waals surface area (Å²) in [5, 5.41) is 0. The molecule has 1 aromatic rings. The van der Waals surface area contributed by atoms with Crippen molar-refractivity contribution in [1.82, 2.24) is 0 Å². The molecule has 0 aromatic heterocycles. The lowest BCUT2D eigenvalue weighted by molar-refractivity contribution is 0.0123. The number of hydrogen-bond acceptors (Lipinski definition) is 1. The Bertz CT molecular complexity index is 683. The van der Waals surface area contributed by atoms with Crippen molar-refractivity contribution in [1.29, 1.82) is 0 Å². The lowest BCUT2D eigenvalue weighted by Gasteiger charge is -2.42. The van der Waals surface area contributed by atoms with Gasteiger partial charge < -0.3 is 4.74 Å². The molecular weight excluding hydrogens is 371 g/mol. The lowest BCUT2D eigenvalue weighted by Crippen LogP contribution is -2.33. The second-order valence-corrected chi connectivity index (χ2v) is 10.7. The van der Waals surface area contributed by atoms with Crippen molar-refractivity contribution >= 4 is 0 Å². The molecule has 2 fully saturated rings. The van der Waals surface area contributed by atoms with Crippen LogP contribution < -0.4 is 0 Å². The van der Waals surface area contributed by atoms with Gasteiger partial charge in [-0.15, -0.1) is 0 Å². The fourth-order valence-electron chi connectivity index (χ4n) is 6.80. The molecule has 0 spiro atoms. The summed E-state index contributed by atoms with van der Waals surface area (Å²) in [5.74, 6) is 3.03. The summed E-state index contributed by atoms with van der Waals surface area (Å²) in [6, 6.07) is 4.33. The second-order valence-electron chi connectivity index (χ2n) is 10.7. The van der Waals surface area contributed by atoms with Crippen LogP contribution in [0.5, 0.6) is 0 Å². The van der Waals surface area contributed by atoms with Gasteiger partial charge in [0.1, 0.15) is 5.82 Å². The maximum absolute atomic E-state index is 15.2. The van der Waals surface area contributed by atoms with Crippen LogP contribution in [0.15, 0.2) is 12.1 Å². The van der Waals surface area contributed by atoms with Crippen molar-refractivity contribution in [2.45, 2.75) is 115 Å². The van der Waals surface area contributed by atoms with Crippen LogP contribution in [0.3, 0.4) is 0 Å². The van der Waals surface area contributed by atoms with Gasteiger partial charge in [-0.1, -0.05) is 51.5 Å². The van der Waals surface area contributed by atoms with Gasteiger partial charge in [-0.25, -0.2) is 4.39 Å². The zero-order valence-corrected chi connectivity index (χ0v) is 19.4. The van der Waals surface area contributed by atoms with Crippen LogP contribution in [0.1, 0.15) is 113 Å². The largest absolute Gasteiger partial charge is 0.381 e. The van der Waals surface area contributed by atoms with E-state index < -0.39 is 0 Å². The van der Waals surface area contributed by atoms with Crippen molar-refractivity contribution in [2.75, 3.05) is 7.11 Å². The van der Waals surface area contributed by atoms with Crippen molar-refractivity contribution in [3.8, 4) is 0 Å². The van der Waals surface area contributed by atoms with Crippen LogP contribution in [0.4, 0.5) is 4.39 Å². The lowest BCUT2D eigenvalue weighted by atomic mass is 9.65. The Kier molecular flexibility index (Phi) is 7.90. The minimum Gasteiger partial charge on any atom is -0.381 e. The van der Waals surface area contributed by atoms with Gasteiger partial charge >= 0.3 is 0 Å². The predicted molar refractivity (Wildman–Crippen MR) is 124 cm³/mol. The summed E-state index contributed by atoms with van der Waals surface area (Å²) in [7, 11) is 1.86. The van der Waals surface area contributed by atoms with Crippen LogP contribution in [-0.4, -0.2) is 13.2 Å². The average molecular weight is 415 g/mol. The quantitative estimate of drug-likeness (QED) is 0.392. The van der Waals surface area contributed by atoms with E-state index in [2.05, 4.69) is 13.0 Å². The van der Waals surface area contributed by atoms with E-state index in [1.807, 2.05) is 13.2 Å². The van der Waals surface area contributed by atoms with E-state index in [-0.39, 0.29) is 5.82 Å². The summed E-state index contributed by atoms with van der Waals surface area (Å²) in [4.78, 5) is 0. The smallest absolute Gasteiger partial charge is 0.126 e. The van der Waals surface area contributed by atoms with Crippen molar-refractivity contribution in [3.63, 3.8) is 0 Å². The first-order valence-corrected chi connectivity index (χ1v) is 13.0. The van der Waals surface area contributed by atoms with Crippen LogP contribution in [-0.2, 0) is 17.6 Å². The van der Waals surface area contributed by atoms with Crippen LogP contribution >= 0.6 is 0 Å². The molecule has 0 aliphatic heterocycles. The Morgan fingerprint density at radius 2 is 1.73 bits per heavy atom. The molecule has 168 valence electrons. The number of ether oxygens (including phenoxy) is 1. The molecule has 0 amide bonds. The maximum Gasteiger partial charge on any atom is 0.126 e. The van der Waals surface area contributed by atoms with E-state index in [0.717, 1.165) is 30.2 Å². The Morgan fingerprint density at radius 3 is 2.57 bits per heavy atom. The highest BCUT2D eigenvalue weighted by Crippen LogP contribution is 2.47. The van der Waals surface area contributed by atoms with Crippen LogP contribution in [0, 0.1) is 23.6 Å². The van der Waals surface area contributed by atoms with Gasteiger partial charge in [0.25, 0.3) is 0 Å². The second kappa shape index (κ2) is 10.6. The molecule has 0 N–H and O–H groups in total. The number of fused-ring (bicyclic) bond motifs is 2. The van der Waals surface area contributed by atoms with Gasteiger partial charge in [-0.05, 0) is 104 Å². The summed E-state index contributed by atoms with van der Waals surface area (Å²) >= 11 is 0. The number of aryl methyl sites for hydroxylation is 1. The Balaban J connectivity index is 1.35. The highest BCUT2D eigenvalue weighted by atomic mass is 19.1. The molecule has 1 nitrogen and oxygen atoms in total. The van der Waals surface area contributed by atoms with E-state index in [4.69, 9.17) is 4.74 Å². The Hall–Kier alpha value is -0.890. The molecule has 0 heterocycles. The summed E-state index contributed by atoms with van der Waals surface area (Å²) in [6.07, 6.45) is 19.4. The molecule has 0 bridgehead atoms.